The number of hydrogen-bond donors (Lipinski definition) is 2. The van der Waals surface area contributed by atoms with Crippen molar-refractivity contribution in [3.8, 4) is 0 Å². The van der Waals surface area contributed by atoms with Crippen molar-refractivity contribution in [2.45, 2.75) is 37.6 Å². The highest BCUT2D eigenvalue weighted by Crippen LogP contribution is 2.33. The van der Waals surface area contributed by atoms with Crippen LogP contribution in [0.2, 0.25) is 0 Å². The number of amides is 1. The van der Waals surface area contributed by atoms with Crippen LogP contribution in [0.3, 0.4) is 0 Å². The van der Waals surface area contributed by atoms with Crippen LogP contribution in [-0.2, 0) is 0 Å². The van der Waals surface area contributed by atoms with E-state index in [1.807, 2.05) is 0 Å². The summed E-state index contributed by atoms with van der Waals surface area (Å²) in [6.07, 6.45) is 2.58. The Balaban J connectivity index is 2.04. The first-order chi connectivity index (χ1) is 9.06. The molecule has 1 saturated carbocycles. The fraction of sp³-hybridized carbons (Fsp3) is 0.462. The van der Waals surface area contributed by atoms with Gasteiger partial charge in [0.05, 0.1) is 4.92 Å². The highest BCUT2D eigenvalue weighted by atomic mass is 16.6. The highest BCUT2D eigenvalue weighted by Gasteiger charge is 2.24. The van der Waals surface area contributed by atoms with Crippen LogP contribution >= 0.6 is 0 Å². The molecule has 2 unspecified atom stereocenters. The summed E-state index contributed by atoms with van der Waals surface area (Å²) in [5.74, 6) is 0.270. The third-order valence-corrected chi connectivity index (χ3v) is 3.58. The van der Waals surface area contributed by atoms with Gasteiger partial charge in [-0.15, -0.1) is 0 Å². The molecule has 19 heavy (non-hydrogen) atoms. The molecule has 2 rings (SSSR count). The van der Waals surface area contributed by atoms with Crippen LogP contribution in [0.1, 0.15) is 37.2 Å². The zero-order chi connectivity index (χ0) is 13.8. The number of carbonyl (C=O) groups is 1. The predicted octanol–water partition coefficient (Wildman–Crippen LogP) is 2.89. The van der Waals surface area contributed by atoms with Gasteiger partial charge in [-0.1, -0.05) is 18.6 Å². The minimum Gasteiger partial charge on any atom is -0.465 e. The number of hydrogen-bond acceptors (Lipinski definition) is 3. The van der Waals surface area contributed by atoms with Crippen LogP contribution in [0, 0.1) is 10.1 Å². The maximum atomic E-state index is 10.6. The van der Waals surface area contributed by atoms with Gasteiger partial charge in [-0.3, -0.25) is 10.1 Å². The van der Waals surface area contributed by atoms with Crippen molar-refractivity contribution in [1.82, 2.24) is 5.32 Å². The Morgan fingerprint density at radius 3 is 2.58 bits per heavy atom. The van der Waals surface area contributed by atoms with Gasteiger partial charge >= 0.3 is 6.09 Å². The average Bonchev–Trinajstić information content (AvgIpc) is 2.38. The third-order valence-electron chi connectivity index (χ3n) is 3.58. The molecule has 2 N–H and O–H groups in total. The molecule has 0 radical (unpaired) electrons. The van der Waals surface area contributed by atoms with Gasteiger partial charge < -0.3 is 10.4 Å². The highest BCUT2D eigenvalue weighted by molar-refractivity contribution is 5.64. The third kappa shape index (κ3) is 3.43. The summed E-state index contributed by atoms with van der Waals surface area (Å²) < 4.78 is 0. The topological polar surface area (TPSA) is 92.5 Å². The molecule has 0 spiro atoms. The largest absolute Gasteiger partial charge is 0.465 e. The van der Waals surface area contributed by atoms with Crippen molar-refractivity contribution in [1.29, 1.82) is 0 Å². The van der Waals surface area contributed by atoms with Gasteiger partial charge in [0.1, 0.15) is 0 Å². The molecular formula is C13H16N2O4. The van der Waals surface area contributed by atoms with Gasteiger partial charge in [0.2, 0.25) is 0 Å². The van der Waals surface area contributed by atoms with Crippen LogP contribution in [0.5, 0.6) is 0 Å². The van der Waals surface area contributed by atoms with Crippen molar-refractivity contribution in [2.75, 3.05) is 0 Å². The van der Waals surface area contributed by atoms with Crippen LogP contribution < -0.4 is 5.32 Å². The average molecular weight is 264 g/mol. The van der Waals surface area contributed by atoms with Gasteiger partial charge in [0.15, 0.2) is 0 Å². The zero-order valence-electron chi connectivity index (χ0n) is 10.4. The Hall–Kier alpha value is -2.11. The Kier molecular flexibility index (Phi) is 3.99. The number of non-ortho nitro benzene ring substituents is 1. The van der Waals surface area contributed by atoms with E-state index < -0.39 is 11.0 Å². The molecule has 0 heterocycles. The fourth-order valence-corrected chi connectivity index (χ4v) is 2.67. The van der Waals surface area contributed by atoms with Gasteiger partial charge in [-0.2, -0.15) is 0 Å². The van der Waals surface area contributed by atoms with E-state index >= 15 is 0 Å². The first-order valence-electron chi connectivity index (χ1n) is 6.30. The standard InChI is InChI=1S/C13H16N2O4/c16-13(17)14-11-3-1-2-10(8-11)9-4-6-12(7-5-9)15(18)19/h4-7,10-11,14H,1-3,8H2,(H,16,17). The van der Waals surface area contributed by atoms with E-state index in [-0.39, 0.29) is 17.6 Å². The molecule has 6 heteroatoms. The first-order valence-corrected chi connectivity index (χ1v) is 6.30. The molecule has 1 aliphatic carbocycles. The van der Waals surface area contributed by atoms with Crippen LogP contribution in [0.25, 0.3) is 0 Å². The number of carboxylic acid groups (broad SMARTS) is 1. The summed E-state index contributed by atoms with van der Waals surface area (Å²) in [4.78, 5) is 20.8. The number of nitrogens with one attached hydrogen (secondary N) is 1. The quantitative estimate of drug-likeness (QED) is 0.648. The Bertz CT molecular complexity index is 472. The second-order valence-corrected chi connectivity index (χ2v) is 4.86. The molecule has 102 valence electrons. The Morgan fingerprint density at radius 1 is 1.32 bits per heavy atom. The molecule has 1 aliphatic rings. The second kappa shape index (κ2) is 5.69. The minimum atomic E-state index is -0.991. The van der Waals surface area contributed by atoms with E-state index in [1.54, 1.807) is 12.1 Å². The summed E-state index contributed by atoms with van der Waals surface area (Å²) in [6, 6.07) is 6.52. The molecule has 6 nitrogen and oxygen atoms in total. The number of rotatable bonds is 3. The minimum absolute atomic E-state index is 0.0218. The van der Waals surface area contributed by atoms with Gasteiger partial charge in [-0.05, 0) is 30.7 Å². The molecule has 1 aromatic rings. The predicted molar refractivity (Wildman–Crippen MR) is 69.3 cm³/mol. The fourth-order valence-electron chi connectivity index (χ4n) is 2.67. The first kappa shape index (κ1) is 13.3. The van der Waals surface area contributed by atoms with Gasteiger partial charge in [-0.25, -0.2) is 4.79 Å². The molecule has 0 saturated heterocycles. The number of benzene rings is 1. The van der Waals surface area contributed by atoms with E-state index in [0.717, 1.165) is 31.2 Å². The van der Waals surface area contributed by atoms with Crippen LogP contribution in [0.4, 0.5) is 10.5 Å². The lowest BCUT2D eigenvalue weighted by molar-refractivity contribution is -0.384. The normalized spacial score (nSPS) is 22.7. The molecule has 1 aromatic carbocycles. The SMILES string of the molecule is O=C(O)NC1CCCC(c2ccc([N+](=O)[O-])cc2)C1. The number of nitro groups is 1. The summed E-state index contributed by atoms with van der Waals surface area (Å²) in [5.41, 5.74) is 1.13. The van der Waals surface area contributed by atoms with E-state index in [1.165, 1.54) is 12.1 Å². The van der Waals surface area contributed by atoms with Crippen molar-refractivity contribution >= 4 is 11.8 Å². The van der Waals surface area contributed by atoms with Crippen LogP contribution in [-0.4, -0.2) is 22.2 Å². The van der Waals surface area contributed by atoms with Crippen molar-refractivity contribution in [2.24, 2.45) is 0 Å². The van der Waals surface area contributed by atoms with Crippen molar-refractivity contribution < 1.29 is 14.8 Å². The van der Waals surface area contributed by atoms with Crippen molar-refractivity contribution in [3.05, 3.63) is 39.9 Å². The summed E-state index contributed by atoms with van der Waals surface area (Å²) >= 11 is 0. The molecule has 0 aliphatic heterocycles. The molecular weight excluding hydrogens is 248 g/mol. The van der Waals surface area contributed by atoms with Gasteiger partial charge in [0, 0.05) is 18.2 Å². The lowest BCUT2D eigenvalue weighted by Crippen LogP contribution is -2.36. The molecule has 1 fully saturated rings. The number of nitro benzene ring substituents is 1. The molecule has 0 bridgehead atoms. The summed E-state index contributed by atoms with van der Waals surface area (Å²) in [7, 11) is 0. The Morgan fingerprint density at radius 2 is 2.00 bits per heavy atom. The summed E-state index contributed by atoms with van der Waals surface area (Å²) in [5, 5.41) is 21.8. The van der Waals surface area contributed by atoms with E-state index in [4.69, 9.17) is 5.11 Å². The number of nitrogens with zero attached hydrogens (tertiary/aromatic N) is 1. The maximum Gasteiger partial charge on any atom is 0.404 e. The zero-order valence-corrected chi connectivity index (χ0v) is 10.4. The second-order valence-electron chi connectivity index (χ2n) is 4.86. The monoisotopic (exact) mass is 264 g/mol. The maximum absolute atomic E-state index is 10.6. The lowest BCUT2D eigenvalue weighted by atomic mass is 9.81. The van der Waals surface area contributed by atoms with Gasteiger partial charge in [0.25, 0.3) is 5.69 Å². The molecule has 2 atom stereocenters. The lowest BCUT2D eigenvalue weighted by Gasteiger charge is -2.29. The molecule has 0 aromatic heterocycles. The van der Waals surface area contributed by atoms with E-state index in [2.05, 4.69) is 5.32 Å². The Labute approximate surface area is 110 Å². The van der Waals surface area contributed by atoms with Crippen molar-refractivity contribution in [3.63, 3.8) is 0 Å². The van der Waals surface area contributed by atoms with E-state index in [0.29, 0.717) is 0 Å². The molecule has 1 amide bonds. The smallest absolute Gasteiger partial charge is 0.404 e. The van der Waals surface area contributed by atoms with E-state index in [9.17, 15) is 14.9 Å². The van der Waals surface area contributed by atoms with Crippen LogP contribution in [0.15, 0.2) is 24.3 Å². The summed E-state index contributed by atoms with van der Waals surface area (Å²) in [6.45, 7) is 0.